The molecule has 0 aliphatic rings. The summed E-state index contributed by atoms with van der Waals surface area (Å²) in [5, 5.41) is 6.17. The van der Waals surface area contributed by atoms with Gasteiger partial charge in [0.05, 0.1) is 5.25 Å². The van der Waals surface area contributed by atoms with Crippen molar-refractivity contribution < 1.29 is 5.41 Å². The van der Waals surface area contributed by atoms with Gasteiger partial charge in [-0.15, -0.1) is 0 Å². The molecular weight excluding hydrogens is 228 g/mol. The molecule has 0 atom stereocenters. The van der Waals surface area contributed by atoms with Gasteiger partial charge in [0.1, 0.15) is 0 Å². The molecule has 0 bridgehead atoms. The Bertz CT molecular complexity index is 443. The van der Waals surface area contributed by atoms with Crippen molar-refractivity contribution in [3.63, 3.8) is 0 Å². The number of amidine groups is 1. The number of nitrogens with two attached hydrogens (primary N) is 2. The molecule has 0 aliphatic heterocycles. The Balaban J connectivity index is 2.36. The van der Waals surface area contributed by atoms with E-state index in [1.807, 2.05) is 36.4 Å². The van der Waals surface area contributed by atoms with Crippen LogP contribution in [0.25, 0.3) is 0 Å². The molecule has 2 rings (SSSR count). The Morgan fingerprint density at radius 1 is 0.882 bits per heavy atom. The molecule has 0 amide bonds. The zero-order valence-corrected chi connectivity index (χ0v) is 10.2. The molecule has 0 saturated heterocycles. The van der Waals surface area contributed by atoms with Gasteiger partial charge >= 0.3 is 5.17 Å². The first-order valence-corrected chi connectivity index (χ1v) is 6.30. The second-order valence-corrected chi connectivity index (χ2v) is 4.90. The van der Waals surface area contributed by atoms with E-state index in [-0.39, 0.29) is 5.25 Å². The minimum atomic E-state index is 0.155. The largest absolute Gasteiger partial charge is 0.300 e. The van der Waals surface area contributed by atoms with Crippen molar-refractivity contribution in [1.29, 1.82) is 0 Å². The monoisotopic (exact) mass is 243 g/mol. The molecule has 17 heavy (non-hydrogen) atoms. The van der Waals surface area contributed by atoms with Gasteiger partial charge in [-0.25, -0.2) is 0 Å². The van der Waals surface area contributed by atoms with E-state index in [0.29, 0.717) is 5.17 Å². The number of rotatable bonds is 3. The molecule has 0 aliphatic carbocycles. The average molecular weight is 243 g/mol. The lowest BCUT2D eigenvalue weighted by molar-refractivity contribution is -0.110. The third-order valence-electron chi connectivity index (χ3n) is 2.46. The third kappa shape index (κ3) is 3.11. The van der Waals surface area contributed by atoms with Crippen LogP contribution in [0, 0.1) is 0 Å². The summed E-state index contributed by atoms with van der Waals surface area (Å²) in [7, 11) is 0. The summed E-state index contributed by atoms with van der Waals surface area (Å²) >= 11 is 1.48. The molecule has 0 heterocycles. The second-order valence-electron chi connectivity index (χ2n) is 3.72. The maximum absolute atomic E-state index is 5.63. The fraction of sp³-hybridized carbons (Fsp3) is 0.0714. The summed E-state index contributed by atoms with van der Waals surface area (Å²) in [6.07, 6.45) is 0. The van der Waals surface area contributed by atoms with E-state index in [1.165, 1.54) is 22.9 Å². The van der Waals surface area contributed by atoms with Crippen LogP contribution in [0.2, 0.25) is 0 Å². The molecule has 0 unspecified atom stereocenters. The van der Waals surface area contributed by atoms with E-state index in [9.17, 15) is 0 Å². The van der Waals surface area contributed by atoms with Crippen LogP contribution in [0.1, 0.15) is 16.4 Å². The summed E-state index contributed by atoms with van der Waals surface area (Å²) < 4.78 is 0. The fourth-order valence-corrected chi connectivity index (χ4v) is 2.58. The van der Waals surface area contributed by atoms with Gasteiger partial charge in [0.2, 0.25) is 0 Å². The summed E-state index contributed by atoms with van der Waals surface area (Å²) in [5.41, 5.74) is 8.04. The Morgan fingerprint density at radius 3 is 1.65 bits per heavy atom. The van der Waals surface area contributed by atoms with Crippen LogP contribution in [-0.2, 0) is 0 Å². The van der Waals surface area contributed by atoms with Gasteiger partial charge in [-0.2, -0.15) is 0 Å². The fourth-order valence-electron chi connectivity index (χ4n) is 1.72. The first-order valence-electron chi connectivity index (χ1n) is 5.42. The van der Waals surface area contributed by atoms with Gasteiger partial charge < -0.3 is 0 Å². The van der Waals surface area contributed by atoms with Crippen LogP contribution in [0.4, 0.5) is 0 Å². The highest BCUT2D eigenvalue weighted by Crippen LogP contribution is 2.34. The van der Waals surface area contributed by atoms with Crippen molar-refractivity contribution >= 4 is 16.9 Å². The van der Waals surface area contributed by atoms with Gasteiger partial charge in [-0.05, 0) is 22.9 Å². The maximum atomic E-state index is 5.63. The predicted molar refractivity (Wildman–Crippen MR) is 73.4 cm³/mol. The summed E-state index contributed by atoms with van der Waals surface area (Å²) in [6, 6.07) is 20.5. The molecule has 2 aromatic carbocycles. The van der Waals surface area contributed by atoms with E-state index in [1.54, 1.807) is 0 Å². The topological polar surface area (TPSA) is 51.6 Å². The zero-order chi connectivity index (χ0) is 12.1. The molecule has 2 aromatic rings. The quantitative estimate of drug-likeness (QED) is 0.635. The Kier molecular flexibility index (Phi) is 3.83. The summed E-state index contributed by atoms with van der Waals surface area (Å²) in [6.45, 7) is 0. The highest BCUT2D eigenvalue weighted by atomic mass is 32.2. The molecule has 0 spiro atoms. The minimum absolute atomic E-state index is 0.155. The van der Waals surface area contributed by atoms with E-state index >= 15 is 0 Å². The van der Waals surface area contributed by atoms with Crippen LogP contribution in [0.5, 0.6) is 0 Å². The molecular formula is C14H15N2S+. The highest BCUT2D eigenvalue weighted by Gasteiger charge is 2.17. The van der Waals surface area contributed by atoms with Gasteiger partial charge in [0.15, 0.2) is 0 Å². The number of thioether (sulfide) groups is 1. The molecule has 0 aromatic heterocycles. The second kappa shape index (κ2) is 5.55. The Labute approximate surface area is 105 Å². The molecule has 86 valence electrons. The van der Waals surface area contributed by atoms with Crippen molar-refractivity contribution in [3.8, 4) is 0 Å². The molecule has 3 heteroatoms. The molecule has 0 saturated carbocycles. The highest BCUT2D eigenvalue weighted by molar-refractivity contribution is 8.13. The lowest BCUT2D eigenvalue weighted by Gasteiger charge is -2.14. The predicted octanol–water partition coefficient (Wildman–Crippen LogP) is 1.58. The molecule has 0 radical (unpaired) electrons. The van der Waals surface area contributed by atoms with Gasteiger partial charge in [-0.3, -0.25) is 11.1 Å². The lowest BCUT2D eigenvalue weighted by atomic mass is 10.0. The number of hydrogen-bond acceptors (Lipinski definition) is 1. The number of hydrogen-bond donors (Lipinski definition) is 2. The van der Waals surface area contributed by atoms with Crippen LogP contribution >= 0.6 is 11.8 Å². The third-order valence-corrected chi connectivity index (χ3v) is 3.51. The van der Waals surface area contributed by atoms with E-state index < -0.39 is 0 Å². The SMILES string of the molecule is NC(=[NH2+])SC(c1ccccc1)c1ccccc1. The smallest absolute Gasteiger partial charge is 0.282 e. The molecule has 4 N–H and O–H groups in total. The molecule has 0 fully saturated rings. The zero-order valence-electron chi connectivity index (χ0n) is 9.41. The lowest BCUT2D eigenvalue weighted by Crippen LogP contribution is -2.43. The van der Waals surface area contributed by atoms with E-state index in [0.717, 1.165) is 0 Å². The normalized spacial score (nSPS) is 10.4. The van der Waals surface area contributed by atoms with Crippen molar-refractivity contribution in [2.24, 2.45) is 5.73 Å². The van der Waals surface area contributed by atoms with Gasteiger partial charge in [0, 0.05) is 0 Å². The van der Waals surface area contributed by atoms with E-state index in [4.69, 9.17) is 11.1 Å². The van der Waals surface area contributed by atoms with E-state index in [2.05, 4.69) is 24.3 Å². The van der Waals surface area contributed by atoms with Crippen molar-refractivity contribution in [1.82, 2.24) is 0 Å². The van der Waals surface area contributed by atoms with Gasteiger partial charge in [-0.1, -0.05) is 60.7 Å². The Morgan fingerprint density at radius 2 is 1.29 bits per heavy atom. The van der Waals surface area contributed by atoms with Crippen LogP contribution < -0.4 is 11.1 Å². The van der Waals surface area contributed by atoms with Gasteiger partial charge in [0.25, 0.3) is 0 Å². The van der Waals surface area contributed by atoms with Crippen LogP contribution in [-0.4, -0.2) is 5.17 Å². The van der Waals surface area contributed by atoms with Crippen molar-refractivity contribution in [2.75, 3.05) is 0 Å². The summed E-state index contributed by atoms with van der Waals surface area (Å²) in [4.78, 5) is 0. The van der Waals surface area contributed by atoms with Crippen LogP contribution in [0.15, 0.2) is 60.7 Å². The first kappa shape index (κ1) is 11.7. The Hall–Kier alpha value is -1.74. The van der Waals surface area contributed by atoms with Crippen molar-refractivity contribution in [3.05, 3.63) is 71.8 Å². The maximum Gasteiger partial charge on any atom is 0.300 e. The minimum Gasteiger partial charge on any atom is -0.282 e. The van der Waals surface area contributed by atoms with Crippen molar-refractivity contribution in [2.45, 2.75) is 5.25 Å². The molecule has 2 nitrogen and oxygen atoms in total. The summed E-state index contributed by atoms with van der Waals surface area (Å²) in [5.74, 6) is 0. The first-order chi connectivity index (χ1) is 8.27. The standard InChI is InChI=1S/C14H14N2S/c15-14(16)17-13(11-7-3-1-4-8-11)12-9-5-2-6-10-12/h1-10,13H,(H3,15,16)/p+1. The average Bonchev–Trinajstić information content (AvgIpc) is 2.38. The number of benzene rings is 2. The van der Waals surface area contributed by atoms with Crippen LogP contribution in [0.3, 0.4) is 0 Å².